The van der Waals surface area contributed by atoms with Crippen LogP contribution in [0.5, 0.6) is 0 Å². The molecule has 0 saturated carbocycles. The molecule has 2 heterocycles. The zero-order valence-electron chi connectivity index (χ0n) is 10.6. The second-order valence-corrected chi connectivity index (χ2v) is 11.5. The number of para-hydroxylation sites is 1. The van der Waals surface area contributed by atoms with Crippen molar-refractivity contribution in [2.75, 3.05) is 26.3 Å². The van der Waals surface area contributed by atoms with E-state index in [4.69, 9.17) is 14.3 Å². The average molecular weight is 340 g/mol. The molecule has 0 aliphatic carbocycles. The second kappa shape index (κ2) is 6.33. The molecule has 2 aromatic rings. The number of hydrogen-bond acceptors (Lipinski definition) is 5. The maximum absolute atomic E-state index is 5.90. The van der Waals surface area contributed by atoms with E-state index in [2.05, 4.69) is 15.9 Å². The molecular formula is C13H17AsN2O2S. The zero-order valence-corrected chi connectivity index (χ0v) is 13.3. The minimum absolute atomic E-state index is 0.825. The molecule has 0 spiro atoms. The Morgan fingerprint density at radius 2 is 2.05 bits per heavy atom. The molecule has 1 unspecified atom stereocenters. The maximum atomic E-state index is 5.90. The molecule has 1 fully saturated rings. The van der Waals surface area contributed by atoms with Gasteiger partial charge in [0.05, 0.1) is 0 Å². The normalized spacial score (nSPS) is 18.8. The molecular weight excluding hydrogens is 323 g/mol. The van der Waals surface area contributed by atoms with Gasteiger partial charge in [-0.15, -0.1) is 0 Å². The van der Waals surface area contributed by atoms with Gasteiger partial charge >= 0.3 is 121 Å². The van der Waals surface area contributed by atoms with Crippen molar-refractivity contribution in [3.05, 3.63) is 36.1 Å². The van der Waals surface area contributed by atoms with Crippen molar-refractivity contribution >= 4 is 34.9 Å². The molecule has 6 heteroatoms. The van der Waals surface area contributed by atoms with Crippen molar-refractivity contribution in [3.63, 3.8) is 0 Å². The van der Waals surface area contributed by atoms with Gasteiger partial charge in [-0.25, -0.2) is 0 Å². The fourth-order valence-electron chi connectivity index (χ4n) is 2.23. The number of nitrogens with zero attached hydrogens (tertiary/aromatic N) is 1. The van der Waals surface area contributed by atoms with Gasteiger partial charge in [-0.2, -0.15) is 0 Å². The Kier molecular flexibility index (Phi) is 4.51. The Morgan fingerprint density at radius 3 is 2.79 bits per heavy atom. The quantitative estimate of drug-likeness (QED) is 0.681. The third-order valence-electron chi connectivity index (χ3n) is 3.19. The number of ether oxygens (including phenoxy) is 1. The first-order valence-corrected chi connectivity index (χ1v) is 11.6. The first-order chi connectivity index (χ1) is 9.36. The first kappa shape index (κ1) is 13.5. The molecule has 0 amide bonds. The van der Waals surface area contributed by atoms with Gasteiger partial charge < -0.3 is 0 Å². The third-order valence-corrected chi connectivity index (χ3v) is 10.2. The van der Waals surface area contributed by atoms with Gasteiger partial charge in [0.25, 0.3) is 0 Å². The summed E-state index contributed by atoms with van der Waals surface area (Å²) >= 11 is -1.30. The van der Waals surface area contributed by atoms with Crippen LogP contribution in [0.15, 0.2) is 34.7 Å². The van der Waals surface area contributed by atoms with E-state index < -0.39 is 13.7 Å². The molecule has 0 bridgehead atoms. The van der Waals surface area contributed by atoms with E-state index in [0.29, 0.717) is 0 Å². The Hall–Kier alpha value is -0.452. The summed E-state index contributed by atoms with van der Waals surface area (Å²) in [7, 11) is 1.54. The summed E-state index contributed by atoms with van der Waals surface area (Å²) in [6, 6.07) is 10.3. The molecule has 1 aromatic carbocycles. The molecule has 19 heavy (non-hydrogen) atoms. The van der Waals surface area contributed by atoms with Gasteiger partial charge in [-0.05, 0) is 0 Å². The van der Waals surface area contributed by atoms with E-state index in [1.54, 1.807) is 0 Å². The molecule has 1 aliphatic heterocycles. The predicted molar refractivity (Wildman–Crippen MR) is 79.8 cm³/mol. The van der Waals surface area contributed by atoms with Crippen LogP contribution >= 0.6 is 10.2 Å². The second-order valence-electron chi connectivity index (χ2n) is 4.43. The number of furan rings is 1. The van der Waals surface area contributed by atoms with Crippen molar-refractivity contribution in [3.8, 4) is 0 Å². The number of rotatable bonds is 4. The van der Waals surface area contributed by atoms with Crippen LogP contribution in [0.4, 0.5) is 0 Å². The monoisotopic (exact) mass is 340 g/mol. The molecule has 102 valence electrons. The first-order valence-electron chi connectivity index (χ1n) is 6.31. The van der Waals surface area contributed by atoms with E-state index in [-0.39, 0.29) is 0 Å². The molecule has 1 aliphatic rings. The summed E-state index contributed by atoms with van der Waals surface area (Å²) in [6.45, 7) is 3.66. The predicted octanol–water partition coefficient (Wildman–Crippen LogP) is 1.94. The topological polar surface area (TPSA) is 51.6 Å². The molecule has 1 saturated heterocycles. The molecule has 2 N–H and O–H groups in total. The van der Waals surface area contributed by atoms with E-state index in [9.17, 15) is 0 Å². The van der Waals surface area contributed by atoms with Gasteiger partial charge in [0.2, 0.25) is 0 Å². The van der Waals surface area contributed by atoms with Gasteiger partial charge in [0.15, 0.2) is 0 Å². The van der Waals surface area contributed by atoms with Crippen LogP contribution in [0, 0.1) is 0 Å². The summed E-state index contributed by atoms with van der Waals surface area (Å²) in [6.07, 6.45) is 0. The summed E-state index contributed by atoms with van der Waals surface area (Å²) in [5.41, 5.74) is 0.968. The standard InChI is InChI=1S/C13H17AsN2O2S/c15-19-14(16-5-7-17-8-6-16)10-12-9-11-3-1-2-4-13(11)18-12/h1-4,9H,5-8,10,15H2. The van der Waals surface area contributed by atoms with E-state index >= 15 is 0 Å². The van der Waals surface area contributed by atoms with Crippen LogP contribution in [-0.4, -0.2) is 43.8 Å². The number of nitrogens with two attached hydrogens (primary N) is 1. The van der Waals surface area contributed by atoms with Crippen molar-refractivity contribution < 1.29 is 9.15 Å². The van der Waals surface area contributed by atoms with E-state index in [1.165, 1.54) is 15.6 Å². The molecule has 0 radical (unpaired) electrons. The summed E-state index contributed by atoms with van der Waals surface area (Å²) in [4.78, 5) is 0. The van der Waals surface area contributed by atoms with Crippen LogP contribution in [0.25, 0.3) is 11.0 Å². The van der Waals surface area contributed by atoms with Crippen LogP contribution in [0.3, 0.4) is 0 Å². The van der Waals surface area contributed by atoms with E-state index in [0.717, 1.165) is 42.9 Å². The Bertz CT molecular complexity index is 509. The van der Waals surface area contributed by atoms with Crippen molar-refractivity contribution in [1.29, 1.82) is 0 Å². The number of hydrogen-bond donors (Lipinski definition) is 1. The Morgan fingerprint density at radius 1 is 1.26 bits per heavy atom. The van der Waals surface area contributed by atoms with Crippen LogP contribution in [0.2, 0.25) is 0 Å². The fourth-order valence-corrected chi connectivity index (χ4v) is 7.84. The van der Waals surface area contributed by atoms with Crippen LogP contribution in [-0.2, 0) is 9.95 Å². The van der Waals surface area contributed by atoms with Gasteiger partial charge in [-0.3, -0.25) is 0 Å². The summed E-state index contributed by atoms with van der Waals surface area (Å²) < 4.78 is 13.8. The van der Waals surface area contributed by atoms with Gasteiger partial charge in [-0.1, -0.05) is 0 Å². The number of fused-ring (bicyclic) bond motifs is 1. The summed E-state index contributed by atoms with van der Waals surface area (Å²) in [5, 5.41) is 8.05. The molecule has 4 nitrogen and oxygen atoms in total. The Labute approximate surface area is 120 Å². The van der Waals surface area contributed by atoms with Crippen molar-refractivity contribution in [2.24, 2.45) is 5.14 Å². The molecule has 3 rings (SSSR count). The minimum atomic E-state index is -1.30. The zero-order chi connectivity index (χ0) is 13.1. The van der Waals surface area contributed by atoms with Gasteiger partial charge in [0.1, 0.15) is 0 Å². The third kappa shape index (κ3) is 3.18. The fraction of sp³-hybridized carbons (Fsp3) is 0.385. The summed E-state index contributed by atoms with van der Waals surface area (Å²) in [5.74, 6) is 1.06. The van der Waals surface area contributed by atoms with Crippen molar-refractivity contribution in [1.82, 2.24) is 3.82 Å². The van der Waals surface area contributed by atoms with Crippen LogP contribution in [0.1, 0.15) is 5.76 Å². The van der Waals surface area contributed by atoms with E-state index in [1.807, 2.05) is 18.2 Å². The molecule has 1 aromatic heterocycles. The molecule has 1 atom stereocenters. The number of morpholine rings is 1. The average Bonchev–Trinajstić information content (AvgIpc) is 2.88. The number of benzene rings is 1. The SMILES string of the molecule is NS[As](Cc1cc2ccccc2o1)N1CCOCC1. The van der Waals surface area contributed by atoms with Crippen LogP contribution < -0.4 is 5.14 Å². The Balaban J connectivity index is 1.74. The van der Waals surface area contributed by atoms with Crippen molar-refractivity contribution in [2.45, 2.75) is 5.21 Å². The van der Waals surface area contributed by atoms with Gasteiger partial charge in [0, 0.05) is 0 Å².